The van der Waals surface area contributed by atoms with Crippen molar-refractivity contribution < 1.29 is 14.0 Å². The number of nitrogen functional groups attached to an aromatic ring is 1. The van der Waals surface area contributed by atoms with Crippen molar-refractivity contribution in [2.45, 2.75) is 32.7 Å². The van der Waals surface area contributed by atoms with E-state index in [0.717, 1.165) is 37.3 Å². The molecule has 1 aromatic heterocycles. The fourth-order valence-electron chi connectivity index (χ4n) is 2.77. The van der Waals surface area contributed by atoms with Gasteiger partial charge >= 0.3 is 5.91 Å². The number of furan rings is 1. The van der Waals surface area contributed by atoms with Crippen molar-refractivity contribution in [3.63, 3.8) is 0 Å². The largest absolute Gasteiger partial charge is 0.454 e. The normalized spacial score (nSPS) is 16.9. The van der Waals surface area contributed by atoms with Crippen molar-refractivity contribution in [1.29, 1.82) is 0 Å². The number of hydrogen-bond donors (Lipinski definition) is 3. The van der Waals surface area contributed by atoms with Gasteiger partial charge in [-0.3, -0.25) is 19.9 Å². The maximum atomic E-state index is 11.5. The smallest absolute Gasteiger partial charge is 0.301 e. The van der Waals surface area contributed by atoms with E-state index in [4.69, 9.17) is 16.0 Å². The zero-order valence-corrected chi connectivity index (χ0v) is 12.2. The molecular weight excluding hydrogens is 272 g/mol. The number of hydrazine groups is 1. The molecule has 0 unspecified atom stereocenters. The topological polar surface area (TPSA) is 115 Å². The van der Waals surface area contributed by atoms with Crippen molar-refractivity contribution >= 4 is 11.8 Å². The van der Waals surface area contributed by atoms with E-state index >= 15 is 0 Å². The quantitative estimate of drug-likeness (QED) is 0.410. The third-order valence-corrected chi connectivity index (χ3v) is 3.88. The molecule has 2 amide bonds. The Hall–Kier alpha value is -1.86. The Morgan fingerprint density at radius 3 is 2.67 bits per heavy atom. The lowest BCUT2D eigenvalue weighted by Crippen LogP contribution is -2.34. The Morgan fingerprint density at radius 2 is 2.10 bits per heavy atom. The summed E-state index contributed by atoms with van der Waals surface area (Å²) in [4.78, 5) is 24.7. The first-order valence-corrected chi connectivity index (χ1v) is 7.10. The first-order chi connectivity index (χ1) is 9.99. The van der Waals surface area contributed by atoms with Crippen LogP contribution in [0.3, 0.4) is 0 Å². The Labute approximate surface area is 123 Å². The third-order valence-electron chi connectivity index (χ3n) is 3.88. The molecular formula is C14H22N4O3. The number of nitrogens with one attached hydrogen (secondary N) is 1. The molecule has 0 saturated carbocycles. The van der Waals surface area contributed by atoms with Gasteiger partial charge in [0.1, 0.15) is 5.76 Å². The lowest BCUT2D eigenvalue weighted by Gasteiger charge is -2.30. The van der Waals surface area contributed by atoms with Crippen molar-refractivity contribution in [3.8, 4) is 0 Å². The Morgan fingerprint density at radius 1 is 1.43 bits per heavy atom. The highest BCUT2D eigenvalue weighted by Gasteiger charge is 2.22. The van der Waals surface area contributed by atoms with Crippen LogP contribution in [0.25, 0.3) is 0 Å². The number of hydrogen-bond acceptors (Lipinski definition) is 5. The van der Waals surface area contributed by atoms with Crippen molar-refractivity contribution in [1.82, 2.24) is 10.3 Å². The molecule has 21 heavy (non-hydrogen) atoms. The number of rotatable bonds is 5. The number of primary amides is 1. The van der Waals surface area contributed by atoms with E-state index in [-0.39, 0.29) is 11.7 Å². The lowest BCUT2D eigenvalue weighted by molar-refractivity contribution is -0.119. The van der Waals surface area contributed by atoms with E-state index in [1.54, 1.807) is 0 Å². The zero-order valence-electron chi connectivity index (χ0n) is 12.2. The molecule has 1 saturated heterocycles. The van der Waals surface area contributed by atoms with Gasteiger partial charge in [-0.15, -0.1) is 0 Å². The standard InChI is InChI=1S/C14H22N4O3/c1-9-6-11(21-13(9)14(20)17-16)8-18-4-2-10(3-5-18)7-12(15)19/h6,10H,2-5,7-8,16H2,1H3,(H2,15,19)(H,17,20). The van der Waals surface area contributed by atoms with Crippen LogP contribution in [-0.2, 0) is 11.3 Å². The molecule has 1 aliphatic rings. The Balaban J connectivity index is 1.89. The average Bonchev–Trinajstić information content (AvgIpc) is 2.80. The number of likely N-dealkylation sites (tertiary alicyclic amines) is 1. The van der Waals surface area contributed by atoms with Crippen molar-refractivity contribution in [3.05, 3.63) is 23.2 Å². The molecule has 1 aromatic rings. The van der Waals surface area contributed by atoms with Crippen LogP contribution in [-0.4, -0.2) is 29.8 Å². The number of piperidine rings is 1. The maximum Gasteiger partial charge on any atom is 0.301 e. The van der Waals surface area contributed by atoms with Crippen LogP contribution in [0, 0.1) is 12.8 Å². The summed E-state index contributed by atoms with van der Waals surface area (Å²) >= 11 is 0. The maximum absolute atomic E-state index is 11.5. The predicted octanol–water partition coefficient (Wildman–Crippen LogP) is 0.279. The number of aryl methyl sites for hydroxylation is 1. The van der Waals surface area contributed by atoms with E-state index in [2.05, 4.69) is 10.3 Å². The molecule has 116 valence electrons. The number of nitrogens with two attached hydrogens (primary N) is 2. The Kier molecular flexibility index (Phi) is 4.98. The molecule has 0 bridgehead atoms. The van der Waals surface area contributed by atoms with E-state index < -0.39 is 5.91 Å². The van der Waals surface area contributed by atoms with Gasteiger partial charge in [-0.1, -0.05) is 0 Å². The van der Waals surface area contributed by atoms with Crippen LogP contribution >= 0.6 is 0 Å². The molecule has 0 atom stereocenters. The summed E-state index contributed by atoms with van der Waals surface area (Å²) in [5, 5.41) is 0. The molecule has 1 aliphatic heterocycles. The van der Waals surface area contributed by atoms with Crippen LogP contribution in [0.2, 0.25) is 0 Å². The minimum absolute atomic E-state index is 0.229. The molecule has 7 heteroatoms. The highest BCUT2D eigenvalue weighted by Crippen LogP contribution is 2.23. The van der Waals surface area contributed by atoms with Gasteiger partial charge in [-0.2, -0.15) is 0 Å². The second-order valence-corrected chi connectivity index (χ2v) is 5.59. The van der Waals surface area contributed by atoms with Crippen LogP contribution in [0.15, 0.2) is 10.5 Å². The van der Waals surface area contributed by atoms with Crippen LogP contribution in [0.1, 0.15) is 41.1 Å². The van der Waals surface area contributed by atoms with Gasteiger partial charge in [-0.05, 0) is 44.8 Å². The monoisotopic (exact) mass is 294 g/mol. The molecule has 7 nitrogen and oxygen atoms in total. The molecule has 5 N–H and O–H groups in total. The summed E-state index contributed by atoms with van der Waals surface area (Å²) in [6, 6.07) is 1.86. The summed E-state index contributed by atoms with van der Waals surface area (Å²) < 4.78 is 5.55. The van der Waals surface area contributed by atoms with Crippen molar-refractivity contribution in [2.75, 3.05) is 13.1 Å². The first kappa shape index (κ1) is 15.5. The van der Waals surface area contributed by atoms with E-state index in [1.165, 1.54) is 0 Å². The predicted molar refractivity (Wildman–Crippen MR) is 76.9 cm³/mol. The Bertz CT molecular complexity index is 518. The van der Waals surface area contributed by atoms with Gasteiger partial charge in [-0.25, -0.2) is 5.84 Å². The summed E-state index contributed by atoms with van der Waals surface area (Å²) in [6.45, 7) is 4.27. The van der Waals surface area contributed by atoms with Gasteiger partial charge in [0, 0.05) is 12.0 Å². The summed E-state index contributed by atoms with van der Waals surface area (Å²) in [5.41, 5.74) is 8.07. The number of carbonyl (C=O) groups excluding carboxylic acids is 2. The van der Waals surface area contributed by atoms with Gasteiger partial charge in [0.25, 0.3) is 0 Å². The minimum atomic E-state index is -0.418. The van der Waals surface area contributed by atoms with Gasteiger partial charge in [0.05, 0.1) is 6.54 Å². The second-order valence-electron chi connectivity index (χ2n) is 5.59. The zero-order chi connectivity index (χ0) is 15.4. The van der Waals surface area contributed by atoms with Crippen molar-refractivity contribution in [2.24, 2.45) is 17.5 Å². The van der Waals surface area contributed by atoms with Crippen LogP contribution in [0.5, 0.6) is 0 Å². The highest BCUT2D eigenvalue weighted by molar-refractivity contribution is 5.92. The first-order valence-electron chi connectivity index (χ1n) is 7.10. The summed E-state index contributed by atoms with van der Waals surface area (Å²) in [7, 11) is 0. The van der Waals surface area contributed by atoms with Gasteiger partial charge < -0.3 is 10.2 Å². The molecule has 0 radical (unpaired) electrons. The van der Waals surface area contributed by atoms with Crippen LogP contribution < -0.4 is 17.0 Å². The average molecular weight is 294 g/mol. The van der Waals surface area contributed by atoms with E-state index in [1.807, 2.05) is 13.0 Å². The second kappa shape index (κ2) is 6.73. The SMILES string of the molecule is Cc1cc(CN2CCC(CC(N)=O)CC2)oc1C(=O)NN. The third kappa shape index (κ3) is 4.05. The molecule has 0 aliphatic carbocycles. The molecule has 2 heterocycles. The van der Waals surface area contributed by atoms with Gasteiger partial charge in [0.2, 0.25) is 5.91 Å². The molecule has 2 rings (SSSR count). The number of amides is 2. The lowest BCUT2D eigenvalue weighted by atomic mass is 9.93. The van der Waals surface area contributed by atoms with E-state index in [0.29, 0.717) is 18.9 Å². The number of carbonyl (C=O) groups is 2. The fraction of sp³-hybridized carbons (Fsp3) is 0.571. The summed E-state index contributed by atoms with van der Waals surface area (Å²) in [6.07, 6.45) is 2.38. The fourth-order valence-corrected chi connectivity index (χ4v) is 2.77. The highest BCUT2D eigenvalue weighted by atomic mass is 16.4. The number of nitrogens with zero attached hydrogens (tertiary/aromatic N) is 1. The van der Waals surface area contributed by atoms with Gasteiger partial charge in [0.15, 0.2) is 5.76 Å². The van der Waals surface area contributed by atoms with E-state index in [9.17, 15) is 9.59 Å². The molecule has 0 spiro atoms. The molecule has 0 aromatic carbocycles. The van der Waals surface area contributed by atoms with Crippen LogP contribution in [0.4, 0.5) is 0 Å². The summed E-state index contributed by atoms with van der Waals surface area (Å²) in [5.74, 6) is 5.86. The molecule has 1 fully saturated rings. The minimum Gasteiger partial charge on any atom is -0.454 e.